The Balaban J connectivity index is 1.58. The van der Waals surface area contributed by atoms with E-state index in [-0.39, 0.29) is 37.6 Å². The Hall–Kier alpha value is -1.45. The molecule has 3 fully saturated rings. The lowest BCUT2D eigenvalue weighted by Crippen LogP contribution is -2.48. The highest BCUT2D eigenvalue weighted by Gasteiger charge is 2.48. The van der Waals surface area contributed by atoms with Gasteiger partial charge in [-0.2, -0.15) is 0 Å². The zero-order valence-electron chi connectivity index (χ0n) is 13.6. The van der Waals surface area contributed by atoms with Gasteiger partial charge in [-0.05, 0) is 12.8 Å². The minimum absolute atomic E-state index is 0.0595. The van der Waals surface area contributed by atoms with Gasteiger partial charge >= 0.3 is 0 Å². The number of sulfonamides is 1. The number of carbonyl (C=O) groups excluding carboxylic acids is 1. The second-order valence-electron chi connectivity index (χ2n) is 6.98. The number of carbonyl (C=O) groups is 1. The molecule has 24 heavy (non-hydrogen) atoms. The molecule has 0 unspecified atom stereocenters. The third-order valence-electron chi connectivity index (χ3n) is 5.04. The highest BCUT2D eigenvalue weighted by Crippen LogP contribution is 2.35. The van der Waals surface area contributed by atoms with Crippen LogP contribution in [0.4, 0.5) is 0 Å². The lowest BCUT2D eigenvalue weighted by Gasteiger charge is -2.30. The molecule has 0 aromatic carbocycles. The number of aromatic nitrogens is 2. The topological polar surface area (TPSA) is 93.5 Å². The number of rotatable bonds is 5. The van der Waals surface area contributed by atoms with Crippen LogP contribution in [0.1, 0.15) is 24.5 Å². The van der Waals surface area contributed by atoms with E-state index in [0.717, 1.165) is 18.5 Å². The Morgan fingerprint density at radius 3 is 2.62 bits per heavy atom. The zero-order chi connectivity index (χ0) is 16.9. The van der Waals surface area contributed by atoms with Gasteiger partial charge in [-0.1, -0.05) is 0 Å². The highest BCUT2D eigenvalue weighted by atomic mass is 32.2. The summed E-state index contributed by atoms with van der Waals surface area (Å²) in [5, 5.41) is 2.53. The third-order valence-corrected chi connectivity index (χ3v) is 7.17. The normalized spacial score (nSPS) is 28.7. The van der Waals surface area contributed by atoms with E-state index in [1.54, 1.807) is 6.33 Å². The van der Waals surface area contributed by atoms with E-state index in [1.165, 1.54) is 4.31 Å². The van der Waals surface area contributed by atoms with Crippen LogP contribution in [0, 0.1) is 5.92 Å². The lowest BCUT2D eigenvalue weighted by atomic mass is 9.92. The van der Waals surface area contributed by atoms with Crippen LogP contribution in [0.5, 0.6) is 0 Å². The molecular weight excluding hydrogens is 332 g/mol. The molecule has 1 aliphatic carbocycles. The van der Waals surface area contributed by atoms with Crippen molar-refractivity contribution < 1.29 is 17.9 Å². The quantitative estimate of drug-likeness (QED) is 0.765. The molecule has 1 aromatic rings. The summed E-state index contributed by atoms with van der Waals surface area (Å²) in [4.78, 5) is 17.0. The Bertz CT molecular complexity index is 738. The van der Waals surface area contributed by atoms with Crippen molar-refractivity contribution in [3.8, 4) is 0 Å². The number of nitrogens with zero attached hydrogens (tertiary/aromatic N) is 3. The summed E-state index contributed by atoms with van der Waals surface area (Å²) in [5.74, 6) is -0.660. The Morgan fingerprint density at radius 2 is 2.08 bits per heavy atom. The maximum absolute atomic E-state index is 12.7. The van der Waals surface area contributed by atoms with E-state index in [0.29, 0.717) is 6.54 Å². The molecule has 9 heteroatoms. The molecule has 1 saturated carbocycles. The summed E-state index contributed by atoms with van der Waals surface area (Å²) >= 11 is 0. The van der Waals surface area contributed by atoms with Crippen molar-refractivity contribution in [2.24, 2.45) is 13.0 Å². The number of aryl methyl sites for hydroxylation is 1. The first-order valence-electron chi connectivity index (χ1n) is 8.30. The van der Waals surface area contributed by atoms with Crippen LogP contribution in [0.15, 0.2) is 12.5 Å². The van der Waals surface area contributed by atoms with Crippen LogP contribution < -0.4 is 5.32 Å². The Kier molecular flexibility index (Phi) is 3.89. The van der Waals surface area contributed by atoms with Crippen molar-refractivity contribution in [2.45, 2.75) is 30.1 Å². The molecule has 0 bridgehead atoms. The molecule has 1 amide bonds. The van der Waals surface area contributed by atoms with Gasteiger partial charge in [-0.3, -0.25) is 4.79 Å². The first-order chi connectivity index (χ1) is 11.4. The standard InChI is InChI=1S/C15H22N4O4S/c1-18-6-14(16-9-18)12-4-19(24(21,22)11-7-23-8-11)5-13(12)15(20)17-10-2-3-10/h6,9-13H,2-5,7-8H2,1H3,(H,17,20)/t12-,13-/m1/s1. The first kappa shape index (κ1) is 16.0. The smallest absolute Gasteiger partial charge is 0.225 e. The largest absolute Gasteiger partial charge is 0.378 e. The molecule has 0 radical (unpaired) electrons. The number of ether oxygens (including phenoxy) is 1. The van der Waals surface area contributed by atoms with Gasteiger partial charge in [0.1, 0.15) is 5.25 Å². The molecule has 132 valence electrons. The van der Waals surface area contributed by atoms with Gasteiger partial charge in [0.2, 0.25) is 15.9 Å². The summed E-state index contributed by atoms with van der Waals surface area (Å²) in [6.07, 6.45) is 5.56. The SMILES string of the molecule is Cn1cnc([C@@H]2CN(S(=O)(=O)C3COC3)C[C@H]2C(=O)NC2CC2)c1. The molecule has 2 saturated heterocycles. The van der Waals surface area contributed by atoms with Gasteiger partial charge < -0.3 is 14.6 Å². The third kappa shape index (κ3) is 2.84. The summed E-state index contributed by atoms with van der Waals surface area (Å²) in [6.45, 7) is 1.01. The number of hydrogen-bond donors (Lipinski definition) is 1. The number of hydrogen-bond acceptors (Lipinski definition) is 5. The predicted octanol–water partition coefficient (Wildman–Crippen LogP) is -0.557. The van der Waals surface area contributed by atoms with E-state index in [1.807, 2.05) is 17.8 Å². The second kappa shape index (κ2) is 5.82. The van der Waals surface area contributed by atoms with Crippen LogP contribution in [0.3, 0.4) is 0 Å². The molecule has 3 aliphatic rings. The number of amides is 1. The average Bonchev–Trinajstić information content (AvgIpc) is 2.98. The van der Waals surface area contributed by atoms with Gasteiger partial charge in [-0.15, -0.1) is 0 Å². The second-order valence-corrected chi connectivity index (χ2v) is 9.19. The van der Waals surface area contributed by atoms with E-state index >= 15 is 0 Å². The molecule has 2 atom stereocenters. The van der Waals surface area contributed by atoms with Crippen molar-refractivity contribution in [3.05, 3.63) is 18.2 Å². The van der Waals surface area contributed by atoms with Gasteiger partial charge in [-0.25, -0.2) is 17.7 Å². The van der Waals surface area contributed by atoms with Crippen molar-refractivity contribution in [1.82, 2.24) is 19.2 Å². The lowest BCUT2D eigenvalue weighted by molar-refractivity contribution is -0.125. The minimum atomic E-state index is -3.42. The summed E-state index contributed by atoms with van der Waals surface area (Å²) in [5.41, 5.74) is 0.774. The van der Waals surface area contributed by atoms with Crippen LogP contribution in [-0.4, -0.2) is 65.8 Å². The summed E-state index contributed by atoms with van der Waals surface area (Å²) < 4.78 is 33.7. The van der Waals surface area contributed by atoms with E-state index in [9.17, 15) is 13.2 Å². The van der Waals surface area contributed by atoms with Gasteiger partial charge in [0.05, 0.1) is 31.2 Å². The highest BCUT2D eigenvalue weighted by molar-refractivity contribution is 7.89. The summed E-state index contributed by atoms with van der Waals surface area (Å²) in [7, 11) is -1.56. The van der Waals surface area contributed by atoms with Crippen molar-refractivity contribution >= 4 is 15.9 Å². The number of nitrogens with one attached hydrogen (secondary N) is 1. The molecular formula is C15H22N4O4S. The van der Waals surface area contributed by atoms with Crippen molar-refractivity contribution in [1.29, 1.82) is 0 Å². The van der Waals surface area contributed by atoms with E-state index in [2.05, 4.69) is 10.3 Å². The fourth-order valence-electron chi connectivity index (χ4n) is 3.30. The monoisotopic (exact) mass is 354 g/mol. The van der Waals surface area contributed by atoms with Crippen molar-refractivity contribution in [3.63, 3.8) is 0 Å². The predicted molar refractivity (Wildman–Crippen MR) is 85.7 cm³/mol. The Labute approximate surface area is 141 Å². The first-order valence-corrected chi connectivity index (χ1v) is 9.80. The van der Waals surface area contributed by atoms with Crippen LogP contribution in [-0.2, 0) is 26.6 Å². The fraction of sp³-hybridized carbons (Fsp3) is 0.733. The van der Waals surface area contributed by atoms with Crippen LogP contribution >= 0.6 is 0 Å². The number of imidazole rings is 1. The van der Waals surface area contributed by atoms with Gasteiger partial charge in [0, 0.05) is 38.3 Å². The maximum Gasteiger partial charge on any atom is 0.225 e. The fourth-order valence-corrected chi connectivity index (χ4v) is 4.99. The molecule has 2 aliphatic heterocycles. The zero-order valence-corrected chi connectivity index (χ0v) is 14.4. The molecule has 0 spiro atoms. The summed E-state index contributed by atoms with van der Waals surface area (Å²) in [6, 6.07) is 0.257. The van der Waals surface area contributed by atoms with E-state index in [4.69, 9.17) is 4.74 Å². The molecule has 4 rings (SSSR count). The van der Waals surface area contributed by atoms with Crippen LogP contribution in [0.2, 0.25) is 0 Å². The molecule has 1 aromatic heterocycles. The van der Waals surface area contributed by atoms with Crippen molar-refractivity contribution in [2.75, 3.05) is 26.3 Å². The Morgan fingerprint density at radius 1 is 1.33 bits per heavy atom. The average molecular weight is 354 g/mol. The maximum atomic E-state index is 12.7. The van der Waals surface area contributed by atoms with Crippen LogP contribution in [0.25, 0.3) is 0 Å². The van der Waals surface area contributed by atoms with E-state index < -0.39 is 21.2 Å². The molecule has 1 N–H and O–H groups in total. The van der Waals surface area contributed by atoms with Gasteiger partial charge in [0.25, 0.3) is 0 Å². The van der Waals surface area contributed by atoms with Gasteiger partial charge in [0.15, 0.2) is 0 Å². The minimum Gasteiger partial charge on any atom is -0.378 e. The molecule has 8 nitrogen and oxygen atoms in total. The molecule has 3 heterocycles.